The van der Waals surface area contributed by atoms with Crippen molar-refractivity contribution in [2.75, 3.05) is 0 Å². The van der Waals surface area contributed by atoms with E-state index in [1.807, 2.05) is 30.3 Å². The molecule has 4 aromatic carbocycles. The van der Waals surface area contributed by atoms with E-state index in [0.717, 1.165) is 28.5 Å². The molecule has 0 amide bonds. The molecule has 4 heteroatoms. The van der Waals surface area contributed by atoms with Crippen LogP contribution < -0.4 is 0 Å². The highest BCUT2D eigenvalue weighted by atomic mass is 32.1. The third-order valence-corrected chi connectivity index (χ3v) is 7.70. The number of aromatic carboxylic acids is 1. The van der Waals surface area contributed by atoms with Crippen LogP contribution in [0.2, 0.25) is 0 Å². The Hall–Kier alpha value is -2.43. The molecule has 0 aliphatic heterocycles. The average molecular weight is 535 g/mol. The molecule has 2 fully saturated rings. The predicted octanol–water partition coefficient (Wildman–Crippen LogP) is 9.52. The fourth-order valence-electron chi connectivity index (χ4n) is 5.74. The van der Waals surface area contributed by atoms with Gasteiger partial charge in [-0.3, -0.25) is 0 Å². The summed E-state index contributed by atoms with van der Waals surface area (Å²) in [6, 6.07) is 27.7. The third-order valence-electron chi connectivity index (χ3n) is 7.70. The van der Waals surface area contributed by atoms with Crippen molar-refractivity contribution in [1.29, 1.82) is 0 Å². The number of benzene rings is 4. The molecule has 3 atom stereocenters. The Labute approximate surface area is 236 Å². The van der Waals surface area contributed by atoms with Gasteiger partial charge >= 0.3 is 5.97 Å². The zero-order valence-electron chi connectivity index (χ0n) is 22.1. The minimum Gasteiger partial charge on any atom is -0.478 e. The van der Waals surface area contributed by atoms with E-state index in [1.165, 1.54) is 35.6 Å². The van der Waals surface area contributed by atoms with Crippen molar-refractivity contribution in [2.24, 2.45) is 17.8 Å². The Kier molecular flexibility index (Phi) is 12.6. The van der Waals surface area contributed by atoms with E-state index in [4.69, 9.17) is 5.11 Å². The van der Waals surface area contributed by atoms with Crippen LogP contribution in [0.5, 0.6) is 0 Å². The molecular formula is C33H42O2S2. The highest BCUT2D eigenvalue weighted by Gasteiger charge is 2.30. The molecule has 0 bridgehead atoms. The second-order valence-electron chi connectivity index (χ2n) is 10.4. The first-order valence-corrected chi connectivity index (χ1v) is 13.2. The number of rotatable bonds is 1. The Morgan fingerprint density at radius 2 is 1.22 bits per heavy atom. The summed E-state index contributed by atoms with van der Waals surface area (Å²) >= 11 is 0. The van der Waals surface area contributed by atoms with Gasteiger partial charge < -0.3 is 5.11 Å². The quantitative estimate of drug-likeness (QED) is 0.264. The zero-order chi connectivity index (χ0) is 24.6. The molecule has 2 saturated carbocycles. The minimum absolute atomic E-state index is 0. The molecule has 3 unspecified atom stereocenters. The van der Waals surface area contributed by atoms with Crippen LogP contribution in [0.4, 0.5) is 0 Å². The lowest BCUT2D eigenvalue weighted by Crippen LogP contribution is -2.26. The molecule has 0 aromatic heterocycles. The summed E-state index contributed by atoms with van der Waals surface area (Å²) in [6.07, 6.45) is 10.8. The molecule has 1 N–H and O–H groups in total. The number of fused-ring (bicyclic) bond motifs is 3. The van der Waals surface area contributed by atoms with Gasteiger partial charge in [-0.1, -0.05) is 117 Å². The van der Waals surface area contributed by atoms with Gasteiger partial charge in [0.05, 0.1) is 5.56 Å². The topological polar surface area (TPSA) is 37.3 Å². The van der Waals surface area contributed by atoms with E-state index in [2.05, 4.69) is 56.3 Å². The monoisotopic (exact) mass is 534 g/mol. The van der Waals surface area contributed by atoms with Crippen LogP contribution in [-0.2, 0) is 0 Å². The molecule has 198 valence electrons. The first-order chi connectivity index (χ1) is 17.0. The second kappa shape index (κ2) is 15.1. The van der Waals surface area contributed by atoms with E-state index in [9.17, 15) is 4.79 Å². The Morgan fingerprint density at radius 1 is 0.676 bits per heavy atom. The lowest BCUT2D eigenvalue weighted by Gasteiger charge is -2.38. The molecule has 0 spiro atoms. The molecule has 0 saturated heterocycles. The Morgan fingerprint density at radius 3 is 1.84 bits per heavy atom. The molecular weight excluding hydrogens is 492 g/mol. The smallest absolute Gasteiger partial charge is 0.335 e. The van der Waals surface area contributed by atoms with Crippen molar-refractivity contribution in [3.05, 3.63) is 96.1 Å². The largest absolute Gasteiger partial charge is 0.478 e. The van der Waals surface area contributed by atoms with Crippen molar-refractivity contribution >= 4 is 54.5 Å². The van der Waals surface area contributed by atoms with Gasteiger partial charge in [0.1, 0.15) is 0 Å². The average Bonchev–Trinajstić information content (AvgIpc) is 2.89. The van der Waals surface area contributed by atoms with Gasteiger partial charge in [0.15, 0.2) is 0 Å². The Bertz CT molecular complexity index is 1270. The molecule has 2 aliphatic rings. The summed E-state index contributed by atoms with van der Waals surface area (Å²) in [5, 5.41) is 13.4. The van der Waals surface area contributed by atoms with Gasteiger partial charge in [-0.15, -0.1) is 0 Å². The number of carboxylic acids is 1. The van der Waals surface area contributed by atoms with Gasteiger partial charge in [0.2, 0.25) is 0 Å². The number of hydrogen-bond donors (Lipinski definition) is 1. The zero-order valence-corrected chi connectivity index (χ0v) is 24.1. The first kappa shape index (κ1) is 30.8. The highest BCUT2D eigenvalue weighted by molar-refractivity contribution is 7.59. The molecule has 6 rings (SSSR count). The third kappa shape index (κ3) is 8.83. The fraction of sp³-hybridized carbons (Fsp3) is 0.364. The highest BCUT2D eigenvalue weighted by Crippen LogP contribution is 2.42. The maximum atomic E-state index is 10.6. The minimum atomic E-state index is -0.884. The van der Waals surface area contributed by atoms with Crippen LogP contribution in [0.1, 0.15) is 67.8 Å². The van der Waals surface area contributed by atoms with Crippen LogP contribution in [-0.4, -0.2) is 11.1 Å². The Balaban J connectivity index is 0.000000191. The summed E-state index contributed by atoms with van der Waals surface area (Å²) in [5.41, 5.74) is 1.66. The van der Waals surface area contributed by atoms with E-state index in [-0.39, 0.29) is 27.0 Å². The van der Waals surface area contributed by atoms with Crippen LogP contribution in [0.3, 0.4) is 0 Å². The number of aryl methyl sites for hydroxylation is 1. The number of carbonyl (C=O) groups is 1. The lowest BCUT2D eigenvalue weighted by molar-refractivity contribution is 0.0697. The van der Waals surface area contributed by atoms with E-state index >= 15 is 0 Å². The van der Waals surface area contributed by atoms with Gasteiger partial charge in [-0.2, -0.15) is 27.0 Å². The summed E-state index contributed by atoms with van der Waals surface area (Å²) in [4.78, 5) is 10.6. The lowest BCUT2D eigenvalue weighted by atomic mass is 9.68. The van der Waals surface area contributed by atoms with Crippen molar-refractivity contribution in [2.45, 2.75) is 58.8 Å². The van der Waals surface area contributed by atoms with Crippen LogP contribution in [0.15, 0.2) is 84.9 Å². The van der Waals surface area contributed by atoms with E-state index in [0.29, 0.717) is 5.56 Å². The van der Waals surface area contributed by atoms with Crippen molar-refractivity contribution in [1.82, 2.24) is 0 Å². The van der Waals surface area contributed by atoms with Gasteiger partial charge in [0.25, 0.3) is 0 Å². The van der Waals surface area contributed by atoms with Gasteiger partial charge in [-0.25, -0.2) is 4.79 Å². The molecule has 37 heavy (non-hydrogen) atoms. The molecule has 0 radical (unpaired) electrons. The SMILES string of the molecule is CC1CCC2CCCCC2C1.Cc1ccc2ccccc2c1.O=C(O)c1ccc2ccccc2c1.S.S. The van der Waals surface area contributed by atoms with Crippen LogP contribution in [0.25, 0.3) is 21.5 Å². The summed E-state index contributed by atoms with van der Waals surface area (Å²) in [7, 11) is 0. The maximum absolute atomic E-state index is 10.6. The van der Waals surface area contributed by atoms with Crippen molar-refractivity contribution < 1.29 is 9.90 Å². The van der Waals surface area contributed by atoms with Crippen molar-refractivity contribution in [3.63, 3.8) is 0 Å². The number of carboxylic acid groups (broad SMARTS) is 1. The van der Waals surface area contributed by atoms with Gasteiger partial charge in [-0.05, 0) is 71.2 Å². The van der Waals surface area contributed by atoms with Crippen molar-refractivity contribution in [3.8, 4) is 0 Å². The van der Waals surface area contributed by atoms with Gasteiger partial charge in [0, 0.05) is 0 Å². The summed E-state index contributed by atoms with van der Waals surface area (Å²) in [5.74, 6) is 2.42. The predicted molar refractivity (Wildman–Crippen MR) is 169 cm³/mol. The summed E-state index contributed by atoms with van der Waals surface area (Å²) < 4.78 is 0. The molecule has 4 aromatic rings. The fourth-order valence-corrected chi connectivity index (χ4v) is 5.74. The molecule has 2 nitrogen and oxygen atoms in total. The van der Waals surface area contributed by atoms with E-state index < -0.39 is 5.97 Å². The first-order valence-electron chi connectivity index (χ1n) is 13.2. The second-order valence-corrected chi connectivity index (χ2v) is 10.4. The van der Waals surface area contributed by atoms with E-state index in [1.54, 1.807) is 37.8 Å². The van der Waals surface area contributed by atoms with Crippen LogP contribution in [0, 0.1) is 24.7 Å². The summed E-state index contributed by atoms with van der Waals surface area (Å²) in [6.45, 7) is 4.55. The standard InChI is InChI=1S/C11H8O2.C11H20.C11H10.2H2S/c12-11(13)10-6-5-8-3-1-2-4-9(8)7-10;2*1-9-6-7-10-4-2-3-5-11(10)8-9;;/h1-7H,(H,12,13);9-11H,2-8H2,1H3;2-8H,1H3;2*1H2. The normalized spacial score (nSPS) is 20.0. The maximum Gasteiger partial charge on any atom is 0.335 e. The number of hydrogen-bond acceptors (Lipinski definition) is 1. The molecule has 2 aliphatic carbocycles. The molecule has 0 heterocycles. The van der Waals surface area contributed by atoms with Crippen LogP contribution >= 0.6 is 27.0 Å².